The van der Waals surface area contributed by atoms with Crippen molar-refractivity contribution in [1.29, 1.82) is 0 Å². The summed E-state index contributed by atoms with van der Waals surface area (Å²) in [7, 11) is -3.72. The predicted octanol–water partition coefficient (Wildman–Crippen LogP) is 2.19. The van der Waals surface area contributed by atoms with Crippen molar-refractivity contribution in [3.63, 3.8) is 0 Å². The number of anilines is 1. The number of carbonyl (C=O) groups excluding carboxylic acids is 2. The third-order valence-corrected chi connectivity index (χ3v) is 6.32. The van der Waals surface area contributed by atoms with E-state index in [4.69, 9.17) is 9.47 Å². The Kier molecular flexibility index (Phi) is 6.31. The van der Waals surface area contributed by atoms with Gasteiger partial charge in [0.15, 0.2) is 0 Å². The summed E-state index contributed by atoms with van der Waals surface area (Å²) in [4.78, 5) is 23.7. The molecule has 0 unspecified atom stereocenters. The summed E-state index contributed by atoms with van der Waals surface area (Å²) in [6.45, 7) is 4.34. The number of nitrogens with zero attached hydrogens (tertiary/aromatic N) is 1. The van der Waals surface area contributed by atoms with Crippen molar-refractivity contribution in [3.8, 4) is 5.75 Å². The molecule has 1 aliphatic rings. The van der Waals surface area contributed by atoms with E-state index >= 15 is 0 Å². The van der Waals surface area contributed by atoms with Gasteiger partial charge in [-0.1, -0.05) is 6.07 Å². The summed E-state index contributed by atoms with van der Waals surface area (Å²) in [6, 6.07) is 10.7. The van der Waals surface area contributed by atoms with Gasteiger partial charge in [0.1, 0.15) is 5.75 Å². The second-order valence-electron chi connectivity index (χ2n) is 6.59. The molecule has 9 heteroatoms. The predicted molar refractivity (Wildman–Crippen MR) is 106 cm³/mol. The quantitative estimate of drug-likeness (QED) is 0.590. The van der Waals surface area contributed by atoms with Crippen LogP contribution >= 0.6 is 0 Å². The van der Waals surface area contributed by atoms with Crippen LogP contribution in [0.25, 0.3) is 0 Å². The summed E-state index contributed by atoms with van der Waals surface area (Å²) in [5.41, 5.74) is 1.35. The standard InChI is InChI=1S/C20H22N2O6S/c1-14-3-8-18(29(25,26)22-9-11-27-12-10-22)13-19(14)20(24)28-17-6-4-16(5-7-17)21-15(2)23/h3-8,13H,9-12H2,1-2H3,(H,21,23). The van der Waals surface area contributed by atoms with Crippen molar-refractivity contribution in [2.24, 2.45) is 0 Å². The lowest BCUT2D eigenvalue weighted by molar-refractivity contribution is -0.114. The van der Waals surface area contributed by atoms with E-state index in [1.54, 1.807) is 37.3 Å². The number of morpholine rings is 1. The molecule has 0 bridgehead atoms. The lowest BCUT2D eigenvalue weighted by atomic mass is 10.1. The molecule has 0 radical (unpaired) electrons. The Morgan fingerprint density at radius 3 is 2.34 bits per heavy atom. The summed E-state index contributed by atoms with van der Waals surface area (Å²) >= 11 is 0. The summed E-state index contributed by atoms with van der Waals surface area (Å²) in [5, 5.41) is 2.62. The number of carbonyl (C=O) groups is 2. The maximum absolute atomic E-state index is 12.8. The molecule has 0 saturated carbocycles. The van der Waals surface area contributed by atoms with Crippen LogP contribution in [0.5, 0.6) is 5.75 Å². The van der Waals surface area contributed by atoms with Gasteiger partial charge in [-0.25, -0.2) is 13.2 Å². The normalized spacial score (nSPS) is 15.0. The molecule has 0 aromatic heterocycles. The first-order valence-electron chi connectivity index (χ1n) is 9.06. The smallest absolute Gasteiger partial charge is 0.343 e. The van der Waals surface area contributed by atoms with E-state index in [0.717, 1.165) is 0 Å². The molecule has 3 rings (SSSR count). The van der Waals surface area contributed by atoms with Gasteiger partial charge in [-0.15, -0.1) is 0 Å². The third kappa shape index (κ3) is 5.00. The van der Waals surface area contributed by atoms with E-state index in [-0.39, 0.29) is 35.2 Å². The largest absolute Gasteiger partial charge is 0.423 e. The minimum atomic E-state index is -3.72. The number of nitrogens with one attached hydrogen (secondary N) is 1. The maximum atomic E-state index is 12.8. The Balaban J connectivity index is 1.80. The van der Waals surface area contributed by atoms with Gasteiger partial charge in [0.25, 0.3) is 0 Å². The highest BCUT2D eigenvalue weighted by atomic mass is 32.2. The van der Waals surface area contributed by atoms with Gasteiger partial charge < -0.3 is 14.8 Å². The first-order chi connectivity index (χ1) is 13.8. The number of ether oxygens (including phenoxy) is 2. The molecule has 154 valence electrons. The fraction of sp³-hybridized carbons (Fsp3) is 0.300. The van der Waals surface area contributed by atoms with Crippen molar-refractivity contribution >= 4 is 27.6 Å². The molecule has 8 nitrogen and oxygen atoms in total. The van der Waals surface area contributed by atoms with Crippen molar-refractivity contribution in [1.82, 2.24) is 4.31 Å². The van der Waals surface area contributed by atoms with Crippen molar-refractivity contribution in [2.45, 2.75) is 18.7 Å². The van der Waals surface area contributed by atoms with Crippen molar-refractivity contribution < 1.29 is 27.5 Å². The van der Waals surface area contributed by atoms with Crippen LogP contribution in [0.3, 0.4) is 0 Å². The highest BCUT2D eigenvalue weighted by Crippen LogP contribution is 2.23. The van der Waals surface area contributed by atoms with Gasteiger partial charge in [0, 0.05) is 25.7 Å². The second-order valence-corrected chi connectivity index (χ2v) is 8.53. The fourth-order valence-electron chi connectivity index (χ4n) is 2.89. The molecule has 29 heavy (non-hydrogen) atoms. The average Bonchev–Trinajstić information content (AvgIpc) is 2.70. The van der Waals surface area contributed by atoms with Crippen LogP contribution in [-0.4, -0.2) is 50.9 Å². The van der Waals surface area contributed by atoms with E-state index < -0.39 is 16.0 Å². The van der Waals surface area contributed by atoms with Crippen molar-refractivity contribution in [3.05, 3.63) is 53.6 Å². The van der Waals surface area contributed by atoms with E-state index in [9.17, 15) is 18.0 Å². The highest BCUT2D eigenvalue weighted by molar-refractivity contribution is 7.89. The van der Waals surface area contributed by atoms with Crippen LogP contribution in [0.15, 0.2) is 47.4 Å². The Labute approximate surface area is 169 Å². The molecule has 0 atom stereocenters. The van der Waals surface area contributed by atoms with E-state index in [2.05, 4.69) is 5.32 Å². The topological polar surface area (TPSA) is 102 Å². The van der Waals surface area contributed by atoms with E-state index in [0.29, 0.717) is 24.5 Å². The summed E-state index contributed by atoms with van der Waals surface area (Å²) < 4.78 is 37.6. The number of benzene rings is 2. The number of sulfonamides is 1. The van der Waals surface area contributed by atoms with Crippen LogP contribution < -0.4 is 10.1 Å². The van der Waals surface area contributed by atoms with E-state index in [1.165, 1.54) is 23.4 Å². The molecule has 1 N–H and O–H groups in total. The number of rotatable bonds is 5. The van der Waals surface area contributed by atoms with Crippen LogP contribution in [0, 0.1) is 6.92 Å². The zero-order chi connectivity index (χ0) is 21.0. The first kappa shape index (κ1) is 21.0. The lowest BCUT2D eigenvalue weighted by Gasteiger charge is -2.26. The van der Waals surface area contributed by atoms with Crippen LogP contribution in [-0.2, 0) is 19.6 Å². The lowest BCUT2D eigenvalue weighted by Crippen LogP contribution is -2.40. The van der Waals surface area contributed by atoms with Gasteiger partial charge >= 0.3 is 5.97 Å². The molecule has 1 amide bonds. The Hall–Kier alpha value is -2.75. The van der Waals surface area contributed by atoms with Gasteiger partial charge in [-0.3, -0.25) is 4.79 Å². The van der Waals surface area contributed by atoms with Gasteiger partial charge in [-0.05, 0) is 48.9 Å². The molecule has 1 heterocycles. The monoisotopic (exact) mass is 418 g/mol. The van der Waals surface area contributed by atoms with Gasteiger partial charge in [0.05, 0.1) is 23.7 Å². The molecule has 1 fully saturated rings. The molecule has 2 aromatic rings. The number of hydrogen-bond acceptors (Lipinski definition) is 6. The van der Waals surface area contributed by atoms with Crippen LogP contribution in [0.4, 0.5) is 5.69 Å². The second kappa shape index (κ2) is 8.73. The summed E-state index contributed by atoms with van der Waals surface area (Å²) in [5.74, 6) is -0.581. The Morgan fingerprint density at radius 1 is 1.07 bits per heavy atom. The minimum absolute atomic E-state index is 0.0398. The average molecular weight is 418 g/mol. The minimum Gasteiger partial charge on any atom is -0.423 e. The highest BCUT2D eigenvalue weighted by Gasteiger charge is 2.27. The van der Waals surface area contributed by atoms with E-state index in [1.807, 2.05) is 0 Å². The number of aryl methyl sites for hydroxylation is 1. The third-order valence-electron chi connectivity index (χ3n) is 4.42. The molecular formula is C20H22N2O6S. The zero-order valence-corrected chi connectivity index (χ0v) is 17.0. The fourth-order valence-corrected chi connectivity index (χ4v) is 4.32. The molecule has 1 saturated heterocycles. The Bertz CT molecular complexity index is 1010. The maximum Gasteiger partial charge on any atom is 0.343 e. The molecule has 2 aromatic carbocycles. The zero-order valence-electron chi connectivity index (χ0n) is 16.2. The van der Waals surface area contributed by atoms with Gasteiger partial charge in [0.2, 0.25) is 15.9 Å². The number of hydrogen-bond donors (Lipinski definition) is 1. The number of esters is 1. The molecule has 0 spiro atoms. The van der Waals surface area contributed by atoms with Crippen LogP contribution in [0.1, 0.15) is 22.8 Å². The molecule has 0 aliphatic carbocycles. The number of amides is 1. The van der Waals surface area contributed by atoms with Crippen molar-refractivity contribution in [2.75, 3.05) is 31.6 Å². The van der Waals surface area contributed by atoms with Crippen LogP contribution in [0.2, 0.25) is 0 Å². The molecule has 1 aliphatic heterocycles. The first-order valence-corrected chi connectivity index (χ1v) is 10.5. The molecular weight excluding hydrogens is 396 g/mol. The summed E-state index contributed by atoms with van der Waals surface area (Å²) in [6.07, 6.45) is 0. The Morgan fingerprint density at radius 2 is 1.72 bits per heavy atom. The SMILES string of the molecule is CC(=O)Nc1ccc(OC(=O)c2cc(S(=O)(=O)N3CCOCC3)ccc2C)cc1. The van der Waals surface area contributed by atoms with Gasteiger partial charge in [-0.2, -0.15) is 4.31 Å².